The van der Waals surface area contributed by atoms with Crippen molar-refractivity contribution in [2.75, 3.05) is 0 Å². The van der Waals surface area contributed by atoms with Gasteiger partial charge in [-0.05, 0) is 35.9 Å². The smallest absolute Gasteiger partial charge is 0.282 e. The van der Waals surface area contributed by atoms with Crippen LogP contribution in [0.4, 0.5) is 0 Å². The molecule has 22 heavy (non-hydrogen) atoms. The molecule has 0 bridgehead atoms. The number of hydrogen-bond acceptors (Lipinski definition) is 2. The highest BCUT2D eigenvalue weighted by atomic mass is 32.2. The average Bonchev–Trinajstić information content (AvgIpc) is 2.49. The lowest BCUT2D eigenvalue weighted by Gasteiger charge is -2.07. The van der Waals surface area contributed by atoms with Gasteiger partial charge in [-0.1, -0.05) is 63.3 Å². The fraction of sp³-hybridized carbons (Fsp3) is 0.444. The topological polar surface area (TPSA) is 54.4 Å². The third-order valence-electron chi connectivity index (χ3n) is 4.00. The van der Waals surface area contributed by atoms with E-state index in [2.05, 4.69) is 6.92 Å². The summed E-state index contributed by atoms with van der Waals surface area (Å²) in [7, 11) is -4.18. The lowest BCUT2D eigenvalue weighted by atomic mass is 10.0. The Bertz CT molecular complexity index is 720. The van der Waals surface area contributed by atoms with Gasteiger partial charge in [-0.15, -0.1) is 0 Å². The maximum Gasteiger partial charge on any atom is 0.295 e. The van der Waals surface area contributed by atoms with Crippen molar-refractivity contribution in [2.45, 2.75) is 56.8 Å². The van der Waals surface area contributed by atoms with Gasteiger partial charge in [0.2, 0.25) is 0 Å². The Morgan fingerprint density at radius 1 is 0.955 bits per heavy atom. The van der Waals surface area contributed by atoms with E-state index in [0.717, 1.165) is 23.8 Å². The van der Waals surface area contributed by atoms with Crippen LogP contribution in [0, 0.1) is 0 Å². The molecule has 0 aromatic heterocycles. The van der Waals surface area contributed by atoms with Gasteiger partial charge in [0, 0.05) is 5.39 Å². The van der Waals surface area contributed by atoms with Gasteiger partial charge in [0.05, 0.1) is 0 Å². The molecule has 0 aliphatic rings. The monoisotopic (exact) mass is 320 g/mol. The summed E-state index contributed by atoms with van der Waals surface area (Å²) in [6.45, 7) is 2.21. The third-order valence-corrected chi connectivity index (χ3v) is 4.92. The Kier molecular flexibility index (Phi) is 5.98. The number of aryl methyl sites for hydroxylation is 1. The highest BCUT2D eigenvalue weighted by Gasteiger charge is 2.13. The summed E-state index contributed by atoms with van der Waals surface area (Å²) in [5.74, 6) is 0. The SMILES string of the molecule is CCCCCCCCc1ccc2cccc(S(=O)(=O)O)c2c1. The Balaban J connectivity index is 2.09. The normalized spacial score (nSPS) is 11.9. The summed E-state index contributed by atoms with van der Waals surface area (Å²) in [4.78, 5) is -0.00482. The minimum absolute atomic E-state index is 0.00482. The Morgan fingerprint density at radius 2 is 1.68 bits per heavy atom. The Labute approximate surface area is 133 Å². The molecule has 3 nitrogen and oxygen atoms in total. The maximum atomic E-state index is 11.5. The van der Waals surface area contributed by atoms with Crippen LogP contribution in [0.1, 0.15) is 51.0 Å². The van der Waals surface area contributed by atoms with Crippen LogP contribution in [-0.2, 0) is 16.5 Å². The van der Waals surface area contributed by atoms with Crippen molar-refractivity contribution >= 4 is 20.9 Å². The molecule has 2 aromatic carbocycles. The highest BCUT2D eigenvalue weighted by Crippen LogP contribution is 2.25. The summed E-state index contributed by atoms with van der Waals surface area (Å²) < 4.78 is 32.3. The van der Waals surface area contributed by atoms with E-state index in [4.69, 9.17) is 0 Å². The van der Waals surface area contributed by atoms with E-state index in [1.54, 1.807) is 6.07 Å². The first-order chi connectivity index (χ1) is 10.5. The summed E-state index contributed by atoms with van der Waals surface area (Å²) in [5, 5.41) is 1.44. The van der Waals surface area contributed by atoms with Gasteiger partial charge in [-0.2, -0.15) is 8.42 Å². The maximum absolute atomic E-state index is 11.5. The molecule has 1 N–H and O–H groups in total. The lowest BCUT2D eigenvalue weighted by Crippen LogP contribution is -1.99. The Morgan fingerprint density at radius 3 is 2.41 bits per heavy atom. The van der Waals surface area contributed by atoms with Crippen molar-refractivity contribution in [1.29, 1.82) is 0 Å². The van der Waals surface area contributed by atoms with Crippen LogP contribution in [0.3, 0.4) is 0 Å². The van der Waals surface area contributed by atoms with Crippen LogP contribution in [0.15, 0.2) is 41.3 Å². The van der Waals surface area contributed by atoms with Gasteiger partial charge in [-0.3, -0.25) is 4.55 Å². The van der Waals surface area contributed by atoms with Crippen molar-refractivity contribution in [3.63, 3.8) is 0 Å². The van der Waals surface area contributed by atoms with Crippen molar-refractivity contribution in [3.05, 3.63) is 42.0 Å². The van der Waals surface area contributed by atoms with E-state index in [1.165, 1.54) is 38.2 Å². The number of hydrogen-bond donors (Lipinski definition) is 1. The second-order valence-corrected chi connectivity index (χ2v) is 7.19. The second-order valence-electron chi connectivity index (χ2n) is 5.80. The van der Waals surface area contributed by atoms with Gasteiger partial charge in [-0.25, -0.2) is 0 Å². The van der Waals surface area contributed by atoms with Crippen LogP contribution in [0.25, 0.3) is 10.8 Å². The fourth-order valence-electron chi connectivity index (χ4n) is 2.78. The number of fused-ring (bicyclic) bond motifs is 1. The highest BCUT2D eigenvalue weighted by molar-refractivity contribution is 7.86. The summed E-state index contributed by atoms with van der Waals surface area (Å²) in [5.41, 5.74) is 1.12. The number of rotatable bonds is 8. The molecule has 0 fully saturated rings. The molecule has 0 radical (unpaired) electrons. The first-order valence-corrected chi connectivity index (χ1v) is 9.45. The van der Waals surface area contributed by atoms with Crippen LogP contribution >= 0.6 is 0 Å². The van der Waals surface area contributed by atoms with E-state index in [9.17, 15) is 13.0 Å². The molecular weight excluding hydrogens is 296 g/mol. The molecule has 0 unspecified atom stereocenters. The molecule has 0 heterocycles. The fourth-order valence-corrected chi connectivity index (χ4v) is 3.49. The molecular formula is C18H24O3S. The molecule has 0 aliphatic heterocycles. The van der Waals surface area contributed by atoms with E-state index in [-0.39, 0.29) is 4.90 Å². The summed E-state index contributed by atoms with van der Waals surface area (Å²) in [6.07, 6.45) is 8.37. The Hall–Kier alpha value is -1.39. The lowest BCUT2D eigenvalue weighted by molar-refractivity contribution is 0.484. The van der Waals surface area contributed by atoms with Crippen LogP contribution in [-0.4, -0.2) is 13.0 Å². The molecule has 0 amide bonds. The standard InChI is InChI=1S/C18H24O3S/c1-2-3-4-5-6-7-9-15-12-13-16-10-8-11-18(17(16)14-15)22(19,20)21/h8,10-14H,2-7,9H2,1H3,(H,19,20,21). The minimum Gasteiger partial charge on any atom is -0.282 e. The van der Waals surface area contributed by atoms with Gasteiger partial charge in [0.25, 0.3) is 10.1 Å². The van der Waals surface area contributed by atoms with Gasteiger partial charge in [0.1, 0.15) is 4.90 Å². The molecule has 0 spiro atoms. The molecule has 0 aliphatic carbocycles. The van der Waals surface area contributed by atoms with E-state index < -0.39 is 10.1 Å². The quantitative estimate of drug-likeness (QED) is 0.550. The zero-order valence-corrected chi connectivity index (χ0v) is 13.9. The first-order valence-electron chi connectivity index (χ1n) is 8.01. The van der Waals surface area contributed by atoms with Gasteiger partial charge >= 0.3 is 0 Å². The first kappa shape index (κ1) is 17.0. The van der Waals surface area contributed by atoms with Crippen LogP contribution < -0.4 is 0 Å². The molecule has 120 valence electrons. The van der Waals surface area contributed by atoms with Crippen molar-refractivity contribution in [1.82, 2.24) is 0 Å². The van der Waals surface area contributed by atoms with Crippen molar-refractivity contribution < 1.29 is 13.0 Å². The number of unbranched alkanes of at least 4 members (excludes halogenated alkanes) is 5. The van der Waals surface area contributed by atoms with Gasteiger partial charge in [0.15, 0.2) is 0 Å². The molecule has 0 saturated carbocycles. The third kappa shape index (κ3) is 4.55. The van der Waals surface area contributed by atoms with Gasteiger partial charge < -0.3 is 0 Å². The molecule has 4 heteroatoms. The van der Waals surface area contributed by atoms with Crippen LogP contribution in [0.2, 0.25) is 0 Å². The summed E-state index contributed by atoms with van der Waals surface area (Å²) >= 11 is 0. The number of benzene rings is 2. The van der Waals surface area contributed by atoms with E-state index >= 15 is 0 Å². The molecule has 2 rings (SSSR count). The average molecular weight is 320 g/mol. The van der Waals surface area contributed by atoms with Crippen molar-refractivity contribution in [3.8, 4) is 0 Å². The zero-order valence-electron chi connectivity index (χ0n) is 13.1. The minimum atomic E-state index is -4.18. The van der Waals surface area contributed by atoms with E-state index in [0.29, 0.717) is 5.39 Å². The predicted molar refractivity (Wildman–Crippen MR) is 90.8 cm³/mol. The second kappa shape index (κ2) is 7.75. The zero-order chi connectivity index (χ0) is 16.0. The molecule has 0 saturated heterocycles. The predicted octanol–water partition coefficient (Wildman–Crippen LogP) is 4.99. The van der Waals surface area contributed by atoms with Crippen LogP contribution in [0.5, 0.6) is 0 Å². The van der Waals surface area contributed by atoms with Crippen molar-refractivity contribution in [2.24, 2.45) is 0 Å². The molecule has 2 aromatic rings. The molecule has 0 atom stereocenters. The van der Waals surface area contributed by atoms with E-state index in [1.807, 2.05) is 24.3 Å². The largest absolute Gasteiger partial charge is 0.295 e. The summed E-state index contributed by atoms with van der Waals surface area (Å²) in [6, 6.07) is 10.8.